The minimum Gasteiger partial charge on any atom is -0.0591 e. The highest BCUT2D eigenvalue weighted by molar-refractivity contribution is 5.37. The molecule has 2 fully saturated rings. The minimum atomic E-state index is 0. The molecule has 0 aromatic heterocycles. The van der Waals surface area contributed by atoms with Crippen LogP contribution >= 0.6 is 0 Å². The van der Waals surface area contributed by atoms with Crippen molar-refractivity contribution in [3.8, 4) is 0 Å². The fourth-order valence-electron chi connectivity index (χ4n) is 5.82. The maximum absolute atomic E-state index is 4.49. The first-order valence-electron chi connectivity index (χ1n) is 8.52. The van der Waals surface area contributed by atoms with Gasteiger partial charge in [-0.05, 0) is 92.6 Å². The summed E-state index contributed by atoms with van der Waals surface area (Å²) in [7, 11) is 0. The van der Waals surface area contributed by atoms with E-state index in [-0.39, 0.29) is 1.43 Å². The maximum Gasteiger partial charge on any atom is 0 e. The molecule has 5 unspecified atom stereocenters. The van der Waals surface area contributed by atoms with Gasteiger partial charge in [-0.2, -0.15) is 0 Å². The van der Waals surface area contributed by atoms with Gasteiger partial charge in [0, 0.05) is 1.43 Å². The SMILES string of the molecule is [CH2]C1CCC2C3CCc4cc(C)ccc4C3CCC12C.[H]. The molecular weight excluding hydrogens is 240 g/mol. The van der Waals surface area contributed by atoms with Crippen molar-refractivity contribution >= 4 is 0 Å². The van der Waals surface area contributed by atoms with Crippen LogP contribution < -0.4 is 0 Å². The van der Waals surface area contributed by atoms with Crippen LogP contribution in [0.15, 0.2) is 18.2 Å². The van der Waals surface area contributed by atoms with Crippen LogP contribution in [0, 0.1) is 37.0 Å². The van der Waals surface area contributed by atoms with Gasteiger partial charge in [-0.1, -0.05) is 30.7 Å². The second kappa shape index (κ2) is 4.36. The van der Waals surface area contributed by atoms with Crippen molar-refractivity contribution in [2.75, 3.05) is 0 Å². The van der Waals surface area contributed by atoms with E-state index in [1.54, 1.807) is 11.1 Å². The van der Waals surface area contributed by atoms with E-state index in [0.717, 1.165) is 17.8 Å². The molecule has 3 aliphatic rings. The van der Waals surface area contributed by atoms with Crippen LogP contribution in [0.4, 0.5) is 0 Å². The number of aryl methyl sites for hydroxylation is 2. The molecule has 20 heavy (non-hydrogen) atoms. The summed E-state index contributed by atoms with van der Waals surface area (Å²) in [6.45, 7) is 9.26. The van der Waals surface area contributed by atoms with E-state index in [0.29, 0.717) is 11.3 Å². The maximum atomic E-state index is 4.49. The Kier molecular flexibility index (Phi) is 2.81. The summed E-state index contributed by atoms with van der Waals surface area (Å²) in [6.07, 6.45) is 8.35. The van der Waals surface area contributed by atoms with Gasteiger partial charge in [-0.3, -0.25) is 0 Å². The van der Waals surface area contributed by atoms with E-state index in [1.165, 1.54) is 44.1 Å². The Hall–Kier alpha value is -0.780. The van der Waals surface area contributed by atoms with Crippen LogP contribution in [0.2, 0.25) is 0 Å². The Bertz CT molecular complexity index is 535. The van der Waals surface area contributed by atoms with Gasteiger partial charge >= 0.3 is 0 Å². The summed E-state index contributed by atoms with van der Waals surface area (Å²) in [5, 5.41) is 0. The molecule has 0 nitrogen and oxygen atoms in total. The Morgan fingerprint density at radius 2 is 2.05 bits per heavy atom. The number of hydrogen-bond donors (Lipinski definition) is 0. The highest BCUT2D eigenvalue weighted by atomic mass is 14.6. The second-order valence-corrected chi connectivity index (χ2v) is 7.94. The van der Waals surface area contributed by atoms with Crippen LogP contribution in [0.1, 0.15) is 63.1 Å². The van der Waals surface area contributed by atoms with Crippen molar-refractivity contribution in [1.29, 1.82) is 0 Å². The zero-order valence-corrected chi connectivity index (χ0v) is 13.0. The Morgan fingerprint density at radius 3 is 2.90 bits per heavy atom. The fraction of sp³-hybridized carbons (Fsp3) is 0.650. The molecule has 3 aliphatic carbocycles. The molecule has 0 spiro atoms. The molecule has 4 rings (SSSR count). The number of fused-ring (bicyclic) bond motifs is 5. The van der Waals surface area contributed by atoms with E-state index in [2.05, 4.69) is 39.0 Å². The van der Waals surface area contributed by atoms with Crippen molar-refractivity contribution in [2.45, 2.75) is 58.3 Å². The summed E-state index contributed by atoms with van der Waals surface area (Å²) in [6, 6.07) is 7.22. The molecule has 0 saturated heterocycles. The van der Waals surface area contributed by atoms with Crippen molar-refractivity contribution in [2.24, 2.45) is 23.2 Å². The minimum absolute atomic E-state index is 0. The molecular formula is C20H28. The molecule has 0 N–H and O–H groups in total. The second-order valence-electron chi connectivity index (χ2n) is 7.94. The van der Waals surface area contributed by atoms with E-state index in [9.17, 15) is 0 Å². The van der Waals surface area contributed by atoms with E-state index in [4.69, 9.17) is 0 Å². The average Bonchev–Trinajstić information content (AvgIpc) is 2.74. The predicted molar refractivity (Wildman–Crippen MR) is 85.8 cm³/mol. The van der Waals surface area contributed by atoms with Crippen LogP contribution in [0.25, 0.3) is 0 Å². The lowest BCUT2D eigenvalue weighted by Crippen LogP contribution is -2.41. The zero-order chi connectivity index (χ0) is 13.9. The topological polar surface area (TPSA) is 0 Å². The van der Waals surface area contributed by atoms with Crippen LogP contribution in [0.3, 0.4) is 0 Å². The molecule has 0 aliphatic heterocycles. The number of hydrogen-bond acceptors (Lipinski definition) is 0. The monoisotopic (exact) mass is 268 g/mol. The summed E-state index contributed by atoms with van der Waals surface area (Å²) < 4.78 is 0. The Morgan fingerprint density at radius 1 is 1.20 bits per heavy atom. The van der Waals surface area contributed by atoms with Crippen LogP contribution in [-0.4, -0.2) is 0 Å². The number of benzene rings is 1. The third-order valence-electron chi connectivity index (χ3n) is 7.08. The molecule has 0 amide bonds. The van der Waals surface area contributed by atoms with Gasteiger partial charge in [0.05, 0.1) is 0 Å². The lowest BCUT2D eigenvalue weighted by molar-refractivity contribution is 0.0403. The van der Waals surface area contributed by atoms with Gasteiger partial charge < -0.3 is 0 Å². The third kappa shape index (κ3) is 1.66. The average molecular weight is 268 g/mol. The first kappa shape index (κ1) is 12.9. The summed E-state index contributed by atoms with van der Waals surface area (Å²) in [4.78, 5) is 0. The molecule has 0 heterocycles. The summed E-state index contributed by atoms with van der Waals surface area (Å²) >= 11 is 0. The van der Waals surface area contributed by atoms with Crippen LogP contribution in [-0.2, 0) is 6.42 Å². The van der Waals surface area contributed by atoms with Crippen molar-refractivity contribution in [3.05, 3.63) is 41.8 Å². The summed E-state index contributed by atoms with van der Waals surface area (Å²) in [5.74, 6) is 3.43. The van der Waals surface area contributed by atoms with E-state index >= 15 is 0 Å². The zero-order valence-electron chi connectivity index (χ0n) is 14.0. The highest BCUT2D eigenvalue weighted by Gasteiger charge is 2.53. The van der Waals surface area contributed by atoms with Gasteiger partial charge in [0.15, 0.2) is 0 Å². The van der Waals surface area contributed by atoms with E-state index < -0.39 is 0 Å². The number of rotatable bonds is 0. The normalized spacial score (nSPS) is 42.8. The van der Waals surface area contributed by atoms with Crippen LogP contribution in [0.5, 0.6) is 0 Å². The first-order valence-corrected chi connectivity index (χ1v) is 8.52. The van der Waals surface area contributed by atoms with Gasteiger partial charge in [-0.15, -0.1) is 0 Å². The third-order valence-corrected chi connectivity index (χ3v) is 7.08. The van der Waals surface area contributed by atoms with Gasteiger partial charge in [0.1, 0.15) is 0 Å². The fourth-order valence-corrected chi connectivity index (χ4v) is 5.82. The van der Waals surface area contributed by atoms with Gasteiger partial charge in [0.2, 0.25) is 0 Å². The van der Waals surface area contributed by atoms with Gasteiger partial charge in [-0.25, -0.2) is 0 Å². The Labute approximate surface area is 125 Å². The Balaban J connectivity index is 0.00000132. The standard InChI is InChI=1S/C20H27.H/c1-13-4-7-16-15(12-13)6-8-18-17(16)10-11-20(3)14(2)5-9-19(18)20;/h4,7,12,14,17-19H,2,5-6,8-11H2,1,3H3;. The largest absolute Gasteiger partial charge is 0.0591 e. The molecule has 108 valence electrons. The quantitative estimate of drug-likeness (QED) is 0.590. The predicted octanol–water partition coefficient (Wildman–Crippen LogP) is 5.41. The van der Waals surface area contributed by atoms with E-state index in [1.807, 2.05) is 0 Å². The summed E-state index contributed by atoms with van der Waals surface area (Å²) in [5.41, 5.74) is 5.32. The first-order chi connectivity index (χ1) is 9.59. The van der Waals surface area contributed by atoms with Crippen molar-refractivity contribution in [3.63, 3.8) is 0 Å². The molecule has 2 saturated carbocycles. The molecule has 0 heteroatoms. The molecule has 1 aromatic rings. The van der Waals surface area contributed by atoms with Crippen molar-refractivity contribution in [1.82, 2.24) is 0 Å². The highest BCUT2D eigenvalue weighted by Crippen LogP contribution is 2.62. The molecule has 5 atom stereocenters. The molecule has 2 radical (unpaired) electrons. The molecule has 0 bridgehead atoms. The van der Waals surface area contributed by atoms with Crippen molar-refractivity contribution < 1.29 is 1.43 Å². The lowest BCUT2D eigenvalue weighted by Gasteiger charge is -2.50. The molecule has 1 aromatic carbocycles. The van der Waals surface area contributed by atoms with Gasteiger partial charge in [0.25, 0.3) is 0 Å². The smallest absolute Gasteiger partial charge is 0 e. The lowest BCUT2D eigenvalue weighted by atomic mass is 9.54.